The van der Waals surface area contributed by atoms with Crippen LogP contribution in [0.1, 0.15) is 22.3 Å². The van der Waals surface area contributed by atoms with E-state index in [0.29, 0.717) is 0 Å². The third-order valence-electron chi connectivity index (χ3n) is 16.8. The second kappa shape index (κ2) is 16.7. The zero-order valence-corrected chi connectivity index (χ0v) is 42.6. The number of para-hydroxylation sites is 4. The summed E-state index contributed by atoms with van der Waals surface area (Å²) in [5, 5.41) is 9.13. The van der Waals surface area contributed by atoms with Crippen molar-refractivity contribution >= 4 is 87.2 Å². The Hall–Kier alpha value is -10.6. The van der Waals surface area contributed by atoms with Gasteiger partial charge in [-0.2, -0.15) is 0 Å². The maximum absolute atomic E-state index is 5.45. The summed E-state index contributed by atoms with van der Waals surface area (Å²) in [5.74, 6) is 0. The molecule has 0 saturated carbocycles. The molecule has 0 fully saturated rings. The Bertz CT molecular complexity index is 4800. The fraction of sp³-hybridized carbons (Fsp3) is 0.0137. The first-order chi connectivity index (χ1) is 39.2. The summed E-state index contributed by atoms with van der Waals surface area (Å²) in [6.07, 6.45) is 3.72. The van der Waals surface area contributed by atoms with Crippen LogP contribution in [0.5, 0.6) is 0 Å². The maximum Gasteiger partial charge on any atom is 0.0972 e. The molecule has 1 aliphatic rings. The highest BCUT2D eigenvalue weighted by atomic mass is 15.0. The van der Waals surface area contributed by atoms with Crippen molar-refractivity contribution in [3.05, 3.63) is 289 Å². The van der Waals surface area contributed by atoms with Crippen LogP contribution in [0, 0.1) is 0 Å². The van der Waals surface area contributed by atoms with Gasteiger partial charge in [0, 0.05) is 78.0 Å². The quantitative estimate of drug-likeness (QED) is 0.156. The second-order valence-electron chi connectivity index (χ2n) is 20.9. The van der Waals surface area contributed by atoms with E-state index in [1.54, 1.807) is 0 Å². The van der Waals surface area contributed by atoms with Gasteiger partial charge in [0.05, 0.1) is 60.9 Å². The lowest BCUT2D eigenvalue weighted by Crippen LogP contribution is -2.29. The molecular weight excluding hydrogens is 961 g/mol. The van der Waals surface area contributed by atoms with Crippen LogP contribution in [-0.4, -0.2) is 29.1 Å². The molecule has 17 rings (SSSR count). The van der Waals surface area contributed by atoms with E-state index < -0.39 is 5.41 Å². The zero-order valence-electron chi connectivity index (χ0n) is 42.6. The van der Waals surface area contributed by atoms with Gasteiger partial charge in [-0.25, -0.2) is 9.97 Å². The molecule has 6 heteroatoms. The first kappa shape index (κ1) is 43.7. The van der Waals surface area contributed by atoms with Gasteiger partial charge in [0.2, 0.25) is 0 Å². The first-order valence-corrected chi connectivity index (χ1v) is 26.9. The fourth-order valence-corrected chi connectivity index (χ4v) is 13.4. The lowest BCUT2D eigenvalue weighted by molar-refractivity contribution is 0.767. The van der Waals surface area contributed by atoms with E-state index in [-0.39, 0.29) is 0 Å². The van der Waals surface area contributed by atoms with Gasteiger partial charge in [0.15, 0.2) is 0 Å². The summed E-state index contributed by atoms with van der Waals surface area (Å²) in [4.78, 5) is 20.6. The van der Waals surface area contributed by atoms with Crippen molar-refractivity contribution in [2.75, 3.05) is 0 Å². The monoisotopic (exact) mass is 1000 g/mol. The number of nitrogens with zero attached hydrogens (tertiary/aromatic N) is 6. The Morgan fingerprint density at radius 1 is 0.291 bits per heavy atom. The van der Waals surface area contributed by atoms with Crippen LogP contribution in [0.4, 0.5) is 0 Å². The minimum absolute atomic E-state index is 0.879. The van der Waals surface area contributed by atoms with E-state index in [1.807, 2.05) is 24.5 Å². The lowest BCUT2D eigenvalue weighted by atomic mass is 9.67. The van der Waals surface area contributed by atoms with Gasteiger partial charge in [-0.05, 0) is 118 Å². The predicted molar refractivity (Wildman–Crippen MR) is 325 cm³/mol. The van der Waals surface area contributed by atoms with Crippen LogP contribution in [0.2, 0.25) is 0 Å². The van der Waals surface area contributed by atoms with Crippen molar-refractivity contribution in [3.8, 4) is 45.0 Å². The van der Waals surface area contributed by atoms with Crippen molar-refractivity contribution in [1.29, 1.82) is 0 Å². The SMILES string of the molecule is c1cc(-c2ccc3ccc4cccnc4c3n2)cc(C2(c3cccc(-c4ccc5ccc6cccnc6c5n4)c3)c3cc(-n4c5ccccc5c5ccccc54)ccc3-c3ccc(-n4c5ccccc5c5ccccc54)cc32)c1. The Morgan fingerprint density at radius 3 is 1.09 bits per heavy atom. The highest BCUT2D eigenvalue weighted by Crippen LogP contribution is 2.58. The van der Waals surface area contributed by atoms with Crippen molar-refractivity contribution in [2.45, 2.75) is 5.41 Å². The van der Waals surface area contributed by atoms with E-state index in [2.05, 4.69) is 252 Å². The molecule has 0 radical (unpaired) electrons. The van der Waals surface area contributed by atoms with Crippen molar-refractivity contribution in [2.24, 2.45) is 0 Å². The third kappa shape index (κ3) is 6.34. The lowest BCUT2D eigenvalue weighted by Gasteiger charge is -2.35. The Labute approximate surface area is 453 Å². The van der Waals surface area contributed by atoms with Gasteiger partial charge >= 0.3 is 0 Å². The zero-order chi connectivity index (χ0) is 51.8. The molecule has 0 N–H and O–H groups in total. The Morgan fingerprint density at radius 2 is 0.671 bits per heavy atom. The number of pyridine rings is 4. The topological polar surface area (TPSA) is 61.4 Å². The maximum atomic E-state index is 5.45. The third-order valence-corrected chi connectivity index (χ3v) is 16.8. The summed E-state index contributed by atoms with van der Waals surface area (Å²) in [6.45, 7) is 0. The molecule has 10 aromatic carbocycles. The smallest absolute Gasteiger partial charge is 0.0972 e. The molecule has 6 heterocycles. The van der Waals surface area contributed by atoms with Crippen molar-refractivity contribution < 1.29 is 0 Å². The van der Waals surface area contributed by atoms with Gasteiger partial charge in [0.1, 0.15) is 0 Å². The molecule has 0 unspecified atom stereocenters. The van der Waals surface area contributed by atoms with E-state index in [4.69, 9.17) is 19.9 Å². The van der Waals surface area contributed by atoms with Crippen molar-refractivity contribution in [3.63, 3.8) is 0 Å². The molecule has 0 saturated heterocycles. The van der Waals surface area contributed by atoms with Crippen LogP contribution in [0.15, 0.2) is 267 Å². The number of fused-ring (bicyclic) bond motifs is 15. The average Bonchev–Trinajstić information content (AvgIpc) is 4.25. The standard InChI is InChI=1S/C73H44N6/c1-5-23-65-57(19-1)58-20-2-6-24-66(58)78(65)53-33-35-55-56-36-34-54(79-67-25-7-3-21-59(67)60-22-4-8-26-68(60)79)44-62(56)73(61(55)43-53,51-17-9-13-49(41-51)63-37-31-47-29-27-45-15-11-39-74-69(45)71(47)76-63)52-18-10-14-50(42-52)64-38-32-48-30-28-46-16-12-40-75-70(46)72(48)77-64/h1-44H. The molecule has 0 spiro atoms. The molecule has 6 nitrogen and oxygen atoms in total. The Kier molecular flexibility index (Phi) is 9.24. The molecule has 0 atom stereocenters. The van der Waals surface area contributed by atoms with E-state index >= 15 is 0 Å². The first-order valence-electron chi connectivity index (χ1n) is 26.9. The molecule has 366 valence electrons. The van der Waals surface area contributed by atoms with E-state index in [0.717, 1.165) is 111 Å². The van der Waals surface area contributed by atoms with E-state index in [1.165, 1.54) is 43.8 Å². The molecule has 1 aliphatic carbocycles. The number of aromatic nitrogens is 6. The number of hydrogen-bond donors (Lipinski definition) is 0. The minimum atomic E-state index is -0.879. The highest BCUT2D eigenvalue weighted by molar-refractivity contribution is 6.11. The number of hydrogen-bond acceptors (Lipinski definition) is 4. The Balaban J connectivity index is 0.981. The summed E-state index contributed by atoms with van der Waals surface area (Å²) >= 11 is 0. The second-order valence-corrected chi connectivity index (χ2v) is 20.9. The van der Waals surface area contributed by atoms with Gasteiger partial charge in [-0.15, -0.1) is 0 Å². The van der Waals surface area contributed by atoms with Gasteiger partial charge < -0.3 is 9.13 Å². The summed E-state index contributed by atoms with van der Waals surface area (Å²) in [6, 6.07) is 93.2. The molecule has 0 bridgehead atoms. The average molecular weight is 1010 g/mol. The number of benzene rings is 10. The summed E-state index contributed by atoms with van der Waals surface area (Å²) in [7, 11) is 0. The normalized spacial score (nSPS) is 12.9. The molecule has 0 amide bonds. The van der Waals surface area contributed by atoms with E-state index in [9.17, 15) is 0 Å². The van der Waals surface area contributed by atoms with Crippen LogP contribution in [0.3, 0.4) is 0 Å². The minimum Gasteiger partial charge on any atom is -0.309 e. The largest absolute Gasteiger partial charge is 0.309 e. The highest BCUT2D eigenvalue weighted by Gasteiger charge is 2.47. The molecule has 79 heavy (non-hydrogen) atoms. The van der Waals surface area contributed by atoms with Crippen LogP contribution < -0.4 is 0 Å². The fourth-order valence-electron chi connectivity index (χ4n) is 13.4. The molecule has 0 aliphatic heterocycles. The predicted octanol–water partition coefficient (Wildman–Crippen LogP) is 17.8. The summed E-state index contributed by atoms with van der Waals surface area (Å²) in [5.41, 5.74) is 20.3. The van der Waals surface area contributed by atoms with Crippen LogP contribution >= 0.6 is 0 Å². The number of rotatable bonds is 6. The van der Waals surface area contributed by atoms with Gasteiger partial charge in [-0.1, -0.05) is 170 Å². The van der Waals surface area contributed by atoms with Crippen molar-refractivity contribution in [1.82, 2.24) is 29.1 Å². The van der Waals surface area contributed by atoms with Crippen LogP contribution in [-0.2, 0) is 5.41 Å². The molecule has 6 aromatic heterocycles. The van der Waals surface area contributed by atoms with Crippen LogP contribution in [0.25, 0.3) is 132 Å². The summed E-state index contributed by atoms with van der Waals surface area (Å²) < 4.78 is 4.90. The molecule has 16 aromatic rings. The van der Waals surface area contributed by atoms with Gasteiger partial charge in [-0.3, -0.25) is 9.97 Å². The molecular formula is C73H44N6. The van der Waals surface area contributed by atoms with Gasteiger partial charge in [0.25, 0.3) is 0 Å².